The van der Waals surface area contributed by atoms with Crippen molar-refractivity contribution in [1.82, 2.24) is 4.31 Å². The maximum absolute atomic E-state index is 13.3. The number of alkyl halides is 3. The monoisotopic (exact) mass is 478 g/mol. The van der Waals surface area contributed by atoms with Gasteiger partial charge in [0.15, 0.2) is 0 Å². The average Bonchev–Trinajstić information content (AvgIpc) is 3.24. The minimum Gasteiger partial charge on any atom is -0.492 e. The van der Waals surface area contributed by atoms with Crippen molar-refractivity contribution >= 4 is 25.7 Å². The lowest BCUT2D eigenvalue weighted by Gasteiger charge is -2.19. The molecule has 0 aromatic heterocycles. The number of benzene rings is 2. The number of nitrogens with one attached hydrogen (secondary N) is 1. The minimum absolute atomic E-state index is 0.0352. The molecule has 2 aromatic carbocycles. The molecule has 2 aromatic rings. The molecule has 31 heavy (non-hydrogen) atoms. The van der Waals surface area contributed by atoms with E-state index in [4.69, 9.17) is 4.74 Å². The SMILES string of the molecule is CCOc1ccc(NS(=O)(=O)c2ccccc2C(F)(F)F)cc1S(=O)(=O)N1CCCC1. The number of anilines is 1. The Hall–Kier alpha value is -2.31. The lowest BCUT2D eigenvalue weighted by molar-refractivity contribution is -0.139. The summed E-state index contributed by atoms with van der Waals surface area (Å²) in [6, 6.07) is 7.33. The summed E-state index contributed by atoms with van der Waals surface area (Å²) in [5, 5.41) is 0. The predicted octanol–water partition coefficient (Wildman–Crippen LogP) is 3.69. The first kappa shape index (κ1) is 23.4. The molecule has 0 bridgehead atoms. The van der Waals surface area contributed by atoms with Crippen molar-refractivity contribution < 1.29 is 34.7 Å². The number of sulfonamides is 2. The standard InChI is InChI=1S/C19H21F3N2O5S2/c1-2-29-16-10-9-14(13-18(16)31(27,28)24-11-5-6-12-24)23-30(25,26)17-8-4-3-7-15(17)19(20,21)22/h3-4,7-10,13,23H,2,5-6,11-12H2,1H3. The molecule has 0 aliphatic carbocycles. The molecule has 1 heterocycles. The van der Waals surface area contributed by atoms with Crippen LogP contribution in [0.5, 0.6) is 5.75 Å². The molecule has 0 unspecified atom stereocenters. The maximum Gasteiger partial charge on any atom is 0.417 e. The Labute approximate surface area is 178 Å². The zero-order valence-corrected chi connectivity index (χ0v) is 18.1. The molecule has 1 N–H and O–H groups in total. The predicted molar refractivity (Wildman–Crippen MR) is 108 cm³/mol. The molecule has 0 amide bonds. The van der Waals surface area contributed by atoms with Crippen LogP contribution in [0.4, 0.5) is 18.9 Å². The van der Waals surface area contributed by atoms with Crippen LogP contribution in [0.25, 0.3) is 0 Å². The third-order valence-electron chi connectivity index (χ3n) is 4.66. The van der Waals surface area contributed by atoms with E-state index in [1.54, 1.807) is 6.92 Å². The van der Waals surface area contributed by atoms with Crippen LogP contribution in [-0.4, -0.2) is 40.8 Å². The summed E-state index contributed by atoms with van der Waals surface area (Å²) in [6.45, 7) is 2.48. The number of hydrogen-bond donors (Lipinski definition) is 1. The van der Waals surface area contributed by atoms with Gasteiger partial charge >= 0.3 is 6.18 Å². The molecule has 1 fully saturated rings. The van der Waals surface area contributed by atoms with Gasteiger partial charge in [-0.2, -0.15) is 17.5 Å². The Morgan fingerprint density at radius 3 is 2.26 bits per heavy atom. The van der Waals surface area contributed by atoms with Crippen LogP contribution in [0.2, 0.25) is 0 Å². The van der Waals surface area contributed by atoms with Gasteiger partial charge in [-0.1, -0.05) is 12.1 Å². The van der Waals surface area contributed by atoms with E-state index in [0.717, 1.165) is 18.2 Å². The van der Waals surface area contributed by atoms with E-state index in [1.165, 1.54) is 22.5 Å². The van der Waals surface area contributed by atoms with Gasteiger partial charge in [0.05, 0.1) is 22.8 Å². The highest BCUT2D eigenvalue weighted by atomic mass is 32.2. The number of hydrogen-bond acceptors (Lipinski definition) is 5. The van der Waals surface area contributed by atoms with E-state index < -0.39 is 36.7 Å². The van der Waals surface area contributed by atoms with Gasteiger partial charge < -0.3 is 4.74 Å². The van der Waals surface area contributed by atoms with Gasteiger partial charge in [-0.15, -0.1) is 0 Å². The van der Waals surface area contributed by atoms with Gasteiger partial charge in [0.1, 0.15) is 10.6 Å². The van der Waals surface area contributed by atoms with Gasteiger partial charge in [0.2, 0.25) is 10.0 Å². The first-order valence-corrected chi connectivity index (χ1v) is 12.3. The van der Waals surface area contributed by atoms with Crippen molar-refractivity contribution in [3.8, 4) is 5.75 Å². The fraction of sp³-hybridized carbons (Fsp3) is 0.368. The smallest absolute Gasteiger partial charge is 0.417 e. The normalized spacial score (nSPS) is 15.7. The van der Waals surface area contributed by atoms with Crippen molar-refractivity contribution in [1.29, 1.82) is 0 Å². The largest absolute Gasteiger partial charge is 0.492 e. The summed E-state index contributed by atoms with van der Waals surface area (Å²) in [5.41, 5.74) is -1.52. The molecule has 7 nitrogen and oxygen atoms in total. The minimum atomic E-state index is -4.88. The van der Waals surface area contributed by atoms with Gasteiger partial charge in [-0.25, -0.2) is 16.8 Å². The van der Waals surface area contributed by atoms with Gasteiger partial charge in [-0.05, 0) is 50.1 Å². The fourth-order valence-corrected chi connectivity index (χ4v) is 6.21. The van der Waals surface area contributed by atoms with E-state index in [-0.39, 0.29) is 22.9 Å². The van der Waals surface area contributed by atoms with Crippen molar-refractivity contribution in [3.63, 3.8) is 0 Å². The zero-order chi connectivity index (χ0) is 22.9. The summed E-state index contributed by atoms with van der Waals surface area (Å²) in [6.07, 6.45) is -3.48. The van der Waals surface area contributed by atoms with Gasteiger partial charge in [0.25, 0.3) is 10.0 Å². The molecule has 1 saturated heterocycles. The topological polar surface area (TPSA) is 92.8 Å². The second kappa shape index (κ2) is 8.67. The van der Waals surface area contributed by atoms with Crippen molar-refractivity contribution in [2.24, 2.45) is 0 Å². The molecule has 3 rings (SSSR count). The molecule has 0 atom stereocenters. The van der Waals surface area contributed by atoms with Crippen molar-refractivity contribution in [2.45, 2.75) is 35.7 Å². The second-order valence-corrected chi connectivity index (χ2v) is 10.4. The van der Waals surface area contributed by atoms with Crippen molar-refractivity contribution in [3.05, 3.63) is 48.0 Å². The molecule has 170 valence electrons. The Morgan fingerprint density at radius 2 is 1.65 bits per heavy atom. The summed E-state index contributed by atoms with van der Waals surface area (Å²) in [4.78, 5) is -1.21. The van der Waals surface area contributed by atoms with Crippen LogP contribution < -0.4 is 9.46 Å². The fourth-order valence-electron chi connectivity index (χ4n) is 3.26. The highest BCUT2D eigenvalue weighted by Gasteiger charge is 2.37. The Bertz CT molecular complexity index is 1160. The first-order chi connectivity index (χ1) is 14.5. The van der Waals surface area contributed by atoms with Crippen molar-refractivity contribution in [2.75, 3.05) is 24.4 Å². The van der Waals surface area contributed by atoms with E-state index >= 15 is 0 Å². The lowest BCUT2D eigenvalue weighted by atomic mass is 10.2. The first-order valence-electron chi connectivity index (χ1n) is 9.43. The lowest BCUT2D eigenvalue weighted by Crippen LogP contribution is -2.28. The van der Waals surface area contributed by atoms with E-state index in [2.05, 4.69) is 4.72 Å². The van der Waals surface area contributed by atoms with Crippen LogP contribution in [0.3, 0.4) is 0 Å². The summed E-state index contributed by atoms with van der Waals surface area (Å²) in [7, 11) is -8.62. The third-order valence-corrected chi connectivity index (χ3v) is 8.02. The van der Waals surface area contributed by atoms with Gasteiger partial charge in [-0.3, -0.25) is 4.72 Å². The zero-order valence-electron chi connectivity index (χ0n) is 16.5. The molecular formula is C19H21F3N2O5S2. The molecular weight excluding hydrogens is 457 g/mol. The summed E-state index contributed by atoms with van der Waals surface area (Å²) >= 11 is 0. The Morgan fingerprint density at radius 1 is 1.00 bits per heavy atom. The second-order valence-electron chi connectivity index (χ2n) is 6.81. The highest BCUT2D eigenvalue weighted by Crippen LogP contribution is 2.36. The maximum atomic E-state index is 13.3. The summed E-state index contributed by atoms with van der Waals surface area (Å²) in [5.74, 6) is 0.0352. The Balaban J connectivity index is 2.03. The average molecular weight is 479 g/mol. The van der Waals surface area contributed by atoms with Crippen LogP contribution in [0, 0.1) is 0 Å². The molecule has 1 aliphatic heterocycles. The molecule has 12 heteroatoms. The molecule has 1 aliphatic rings. The Kier molecular flexibility index (Phi) is 6.53. The number of ether oxygens (including phenoxy) is 1. The molecule has 0 spiro atoms. The van der Waals surface area contributed by atoms with Crippen LogP contribution >= 0.6 is 0 Å². The number of halogens is 3. The van der Waals surface area contributed by atoms with Crippen LogP contribution in [0.1, 0.15) is 25.3 Å². The van der Waals surface area contributed by atoms with Gasteiger partial charge in [0, 0.05) is 13.1 Å². The molecule has 0 radical (unpaired) electrons. The molecule has 0 saturated carbocycles. The van der Waals surface area contributed by atoms with E-state index in [0.29, 0.717) is 32.0 Å². The van der Waals surface area contributed by atoms with E-state index in [1.807, 2.05) is 0 Å². The van der Waals surface area contributed by atoms with Crippen LogP contribution in [0.15, 0.2) is 52.3 Å². The van der Waals surface area contributed by atoms with Crippen LogP contribution in [-0.2, 0) is 26.2 Å². The third kappa shape index (κ3) is 4.96. The quantitative estimate of drug-likeness (QED) is 0.655. The highest BCUT2D eigenvalue weighted by molar-refractivity contribution is 7.92. The van der Waals surface area contributed by atoms with E-state index in [9.17, 15) is 30.0 Å². The number of nitrogens with zero attached hydrogens (tertiary/aromatic N) is 1. The summed E-state index contributed by atoms with van der Waals surface area (Å²) < 4.78 is 99.9. The number of rotatable bonds is 7.